The van der Waals surface area contributed by atoms with Crippen LogP contribution in [-0.4, -0.2) is 13.1 Å². The Balaban J connectivity index is 1.76. The van der Waals surface area contributed by atoms with Crippen LogP contribution >= 0.6 is 0 Å². The van der Waals surface area contributed by atoms with E-state index in [0.29, 0.717) is 5.92 Å². The predicted octanol–water partition coefficient (Wildman–Crippen LogP) is 7.49. The second-order valence-electron chi connectivity index (χ2n) is 10.9. The summed E-state index contributed by atoms with van der Waals surface area (Å²) in [6.07, 6.45) is 5.10. The van der Waals surface area contributed by atoms with Gasteiger partial charge in [-0.1, -0.05) is 82.1 Å². The van der Waals surface area contributed by atoms with Crippen LogP contribution in [0.5, 0.6) is 0 Å². The summed E-state index contributed by atoms with van der Waals surface area (Å²) in [6, 6.07) is 21.1. The van der Waals surface area contributed by atoms with Gasteiger partial charge in [-0.2, -0.15) is 0 Å². The molecule has 168 valence electrons. The van der Waals surface area contributed by atoms with Gasteiger partial charge in [-0.15, -0.1) is 0 Å². The Morgan fingerprint density at radius 1 is 0.882 bits per heavy atom. The van der Waals surface area contributed by atoms with Gasteiger partial charge < -0.3 is 0 Å². The standard InChI is InChI=1S/C32H31NSi/c1-7-22-17-29-28(15-20(22)4)32-31-25(12-13-33-32)24-11-10-23-9-8-21(14-19(2)3)16-26(23)27(24)18-30(31)34(29,5)6/h7-13,15-19H,1,14H2,2-6H3. The number of benzene rings is 4. The van der Waals surface area contributed by atoms with E-state index in [1.165, 1.54) is 64.9 Å². The summed E-state index contributed by atoms with van der Waals surface area (Å²) in [7, 11) is -1.96. The number of hydrogen-bond donors (Lipinski definition) is 0. The van der Waals surface area contributed by atoms with E-state index in [1.807, 2.05) is 12.3 Å². The van der Waals surface area contributed by atoms with Crippen LogP contribution in [0, 0.1) is 12.8 Å². The van der Waals surface area contributed by atoms with E-state index < -0.39 is 8.07 Å². The molecule has 0 saturated carbocycles. The highest BCUT2D eigenvalue weighted by atomic mass is 28.3. The molecule has 0 spiro atoms. The van der Waals surface area contributed by atoms with E-state index in [-0.39, 0.29) is 0 Å². The molecule has 0 atom stereocenters. The van der Waals surface area contributed by atoms with Gasteiger partial charge in [0.15, 0.2) is 0 Å². The first-order valence-electron chi connectivity index (χ1n) is 12.3. The van der Waals surface area contributed by atoms with Crippen molar-refractivity contribution in [2.24, 2.45) is 5.92 Å². The third-order valence-electron chi connectivity index (χ3n) is 7.80. The number of hydrogen-bond acceptors (Lipinski definition) is 1. The summed E-state index contributed by atoms with van der Waals surface area (Å²) in [5.41, 5.74) is 6.39. The highest BCUT2D eigenvalue weighted by Gasteiger charge is 2.37. The summed E-state index contributed by atoms with van der Waals surface area (Å²) in [5.74, 6) is 0.647. The number of rotatable bonds is 3. The Kier molecular flexibility index (Phi) is 4.63. The summed E-state index contributed by atoms with van der Waals surface area (Å²) in [6.45, 7) is 15.8. The monoisotopic (exact) mass is 457 g/mol. The molecule has 0 bridgehead atoms. The Morgan fingerprint density at radius 3 is 2.44 bits per heavy atom. The van der Waals surface area contributed by atoms with Gasteiger partial charge in [0.05, 0.1) is 5.69 Å². The SMILES string of the molecule is C=Cc1cc2c(cc1C)-c1nccc3c1c(cc1c4cc(CC(C)C)ccc4ccc31)[Si]2(C)C. The van der Waals surface area contributed by atoms with E-state index in [1.54, 1.807) is 0 Å². The molecule has 1 aromatic heterocycles. The van der Waals surface area contributed by atoms with Crippen molar-refractivity contribution in [3.05, 3.63) is 84.1 Å². The lowest BCUT2D eigenvalue weighted by molar-refractivity contribution is 0.648. The molecule has 1 aliphatic rings. The maximum atomic E-state index is 4.95. The quantitative estimate of drug-likeness (QED) is 0.202. The maximum Gasteiger partial charge on any atom is 0.114 e. The Hall–Kier alpha value is -3.23. The molecule has 5 aromatic rings. The number of pyridine rings is 1. The minimum Gasteiger partial charge on any atom is -0.256 e. The van der Waals surface area contributed by atoms with Crippen LogP contribution in [0.4, 0.5) is 0 Å². The van der Waals surface area contributed by atoms with Crippen molar-refractivity contribution < 1.29 is 0 Å². The van der Waals surface area contributed by atoms with Gasteiger partial charge in [-0.3, -0.25) is 4.98 Å². The molecular weight excluding hydrogens is 426 g/mol. The number of fused-ring (bicyclic) bond motifs is 6. The van der Waals surface area contributed by atoms with Gasteiger partial charge in [-0.25, -0.2) is 0 Å². The zero-order chi connectivity index (χ0) is 23.8. The van der Waals surface area contributed by atoms with E-state index in [2.05, 4.69) is 95.0 Å². The molecule has 0 radical (unpaired) electrons. The minimum absolute atomic E-state index is 0.647. The van der Waals surface area contributed by atoms with Crippen LogP contribution in [0.2, 0.25) is 13.1 Å². The summed E-state index contributed by atoms with van der Waals surface area (Å²) < 4.78 is 0. The zero-order valence-corrected chi connectivity index (χ0v) is 21.8. The molecule has 1 nitrogen and oxygen atoms in total. The first-order valence-corrected chi connectivity index (χ1v) is 15.3. The fourth-order valence-electron chi connectivity index (χ4n) is 6.05. The molecule has 0 amide bonds. The number of aromatic nitrogens is 1. The third kappa shape index (κ3) is 2.95. The van der Waals surface area contributed by atoms with E-state index >= 15 is 0 Å². The Morgan fingerprint density at radius 2 is 1.68 bits per heavy atom. The molecule has 0 saturated heterocycles. The van der Waals surface area contributed by atoms with Crippen LogP contribution in [0.1, 0.15) is 30.5 Å². The number of nitrogens with zero attached hydrogens (tertiary/aromatic N) is 1. The van der Waals surface area contributed by atoms with Gasteiger partial charge in [0, 0.05) is 17.1 Å². The molecular formula is C32H31NSi. The average Bonchev–Trinajstić information content (AvgIpc) is 2.81. The Bertz CT molecular complexity index is 1660. The molecule has 0 N–H and O–H groups in total. The molecule has 6 rings (SSSR count). The zero-order valence-electron chi connectivity index (χ0n) is 20.8. The normalized spacial score (nSPS) is 14.2. The Labute approximate surface area is 203 Å². The first-order chi connectivity index (χ1) is 16.3. The lowest BCUT2D eigenvalue weighted by Gasteiger charge is -2.34. The van der Waals surface area contributed by atoms with Crippen molar-refractivity contribution in [1.82, 2.24) is 4.98 Å². The average molecular weight is 458 g/mol. The largest absolute Gasteiger partial charge is 0.256 e. The van der Waals surface area contributed by atoms with Gasteiger partial charge in [0.1, 0.15) is 8.07 Å². The van der Waals surface area contributed by atoms with Crippen LogP contribution in [0.15, 0.2) is 67.4 Å². The molecule has 1 aliphatic heterocycles. The second-order valence-corrected chi connectivity index (χ2v) is 15.2. The van der Waals surface area contributed by atoms with Gasteiger partial charge in [-0.05, 0) is 85.4 Å². The van der Waals surface area contributed by atoms with Crippen molar-refractivity contribution in [2.75, 3.05) is 0 Å². The van der Waals surface area contributed by atoms with Crippen LogP contribution < -0.4 is 10.4 Å². The first kappa shape index (κ1) is 21.3. The predicted molar refractivity (Wildman–Crippen MR) is 152 cm³/mol. The third-order valence-corrected chi connectivity index (χ3v) is 11.3. The van der Waals surface area contributed by atoms with Crippen molar-refractivity contribution in [3.63, 3.8) is 0 Å². The fourth-order valence-corrected chi connectivity index (χ4v) is 9.11. The van der Waals surface area contributed by atoms with Crippen LogP contribution in [0.25, 0.3) is 49.7 Å². The van der Waals surface area contributed by atoms with E-state index in [4.69, 9.17) is 4.98 Å². The van der Waals surface area contributed by atoms with Gasteiger partial charge >= 0.3 is 0 Å². The van der Waals surface area contributed by atoms with Crippen molar-refractivity contribution in [1.29, 1.82) is 0 Å². The second kappa shape index (κ2) is 7.38. The van der Waals surface area contributed by atoms with Crippen molar-refractivity contribution in [3.8, 4) is 11.3 Å². The smallest absolute Gasteiger partial charge is 0.114 e. The molecule has 0 unspecified atom stereocenters. The minimum atomic E-state index is -1.96. The summed E-state index contributed by atoms with van der Waals surface area (Å²) >= 11 is 0. The molecule has 4 aromatic carbocycles. The molecule has 0 fully saturated rings. The van der Waals surface area contributed by atoms with Crippen LogP contribution in [-0.2, 0) is 6.42 Å². The molecule has 34 heavy (non-hydrogen) atoms. The van der Waals surface area contributed by atoms with E-state index in [9.17, 15) is 0 Å². The van der Waals surface area contributed by atoms with Crippen molar-refractivity contribution in [2.45, 2.75) is 40.3 Å². The highest BCUT2D eigenvalue weighted by molar-refractivity contribution is 7.03. The molecule has 0 aliphatic carbocycles. The fraction of sp³-hybridized carbons (Fsp3) is 0.219. The van der Waals surface area contributed by atoms with Crippen molar-refractivity contribution >= 4 is 56.8 Å². The highest BCUT2D eigenvalue weighted by Crippen LogP contribution is 2.38. The number of aryl methyl sites for hydroxylation is 1. The summed E-state index contributed by atoms with van der Waals surface area (Å²) in [5, 5.41) is 11.1. The van der Waals surface area contributed by atoms with Gasteiger partial charge in [0.2, 0.25) is 0 Å². The topological polar surface area (TPSA) is 12.9 Å². The van der Waals surface area contributed by atoms with E-state index in [0.717, 1.165) is 12.1 Å². The lowest BCUT2D eigenvalue weighted by Crippen LogP contribution is -2.56. The van der Waals surface area contributed by atoms with Gasteiger partial charge in [0.25, 0.3) is 0 Å². The molecule has 2 heteroatoms. The lowest BCUT2D eigenvalue weighted by atomic mass is 9.92. The maximum absolute atomic E-state index is 4.95. The molecule has 2 heterocycles. The summed E-state index contributed by atoms with van der Waals surface area (Å²) in [4.78, 5) is 4.95. The van der Waals surface area contributed by atoms with Crippen LogP contribution in [0.3, 0.4) is 0 Å².